The van der Waals surface area contributed by atoms with Crippen molar-refractivity contribution in [3.05, 3.63) is 0 Å². The van der Waals surface area contributed by atoms with E-state index in [1.807, 2.05) is 0 Å². The summed E-state index contributed by atoms with van der Waals surface area (Å²) in [6.07, 6.45) is 0. The van der Waals surface area contributed by atoms with Crippen LogP contribution in [-0.4, -0.2) is 0 Å². The molecule has 0 saturated carbocycles. The molecule has 0 aliphatic rings. The summed E-state index contributed by atoms with van der Waals surface area (Å²) in [6.45, 7) is 0. The summed E-state index contributed by atoms with van der Waals surface area (Å²) in [5.74, 6) is 0. The van der Waals surface area contributed by atoms with E-state index in [2.05, 4.69) is 0 Å². The molecule has 8 heteroatoms. The molecule has 0 aromatic rings. The smallest absolute Gasteiger partial charge is 2.00 e. The van der Waals surface area contributed by atoms with Gasteiger partial charge in [-0.15, -0.1) is 0 Å². The number of rotatable bonds is 0. The molecule has 0 aliphatic heterocycles. The molecule has 4 nitrogen and oxygen atoms in total. The summed E-state index contributed by atoms with van der Waals surface area (Å²) in [7, 11) is 0. The summed E-state index contributed by atoms with van der Waals surface area (Å²) in [4.78, 5) is 0. The van der Waals surface area contributed by atoms with E-state index in [4.69, 9.17) is 0 Å². The molecule has 60 valence electrons. The standard InChI is InChI=1S/Cu.Fe.Mn.Ni.4O/q4*+2;4*-2. The first kappa shape index (κ1) is 219. The summed E-state index contributed by atoms with van der Waals surface area (Å²) in [5, 5.41) is 0. The zero-order valence-electron chi connectivity index (χ0n) is 2.98. The minimum Gasteiger partial charge on any atom is -2.00 e. The summed E-state index contributed by atoms with van der Waals surface area (Å²) in [6, 6.07) is 0. The zero-order valence-corrected chi connectivity index (χ0v) is 7.20. The molecule has 0 rings (SSSR count). The maximum Gasteiger partial charge on any atom is 2.00 e. The molecule has 0 aliphatic carbocycles. The van der Waals surface area contributed by atoms with Crippen LogP contribution in [0.25, 0.3) is 0 Å². The topological polar surface area (TPSA) is 114 Å². The fraction of sp³-hybridized carbons (Fsp3) is 0. The van der Waals surface area contributed by atoms with Gasteiger partial charge < -0.3 is 21.9 Å². The monoisotopic (exact) mass is 296 g/mol. The third-order valence-corrected chi connectivity index (χ3v) is 0. The van der Waals surface area contributed by atoms with Gasteiger partial charge in [0, 0.05) is 0 Å². The molecular weight excluding hydrogens is 297 g/mol. The van der Waals surface area contributed by atoms with Crippen molar-refractivity contribution in [2.75, 3.05) is 0 Å². The van der Waals surface area contributed by atoms with Crippen LogP contribution in [0.2, 0.25) is 0 Å². The third-order valence-electron chi connectivity index (χ3n) is 0. The predicted octanol–water partition coefficient (Wildman–Crippen LogP) is -0.485. The van der Waals surface area contributed by atoms with E-state index in [1.165, 1.54) is 0 Å². The van der Waals surface area contributed by atoms with Crippen LogP contribution in [0.1, 0.15) is 0 Å². The van der Waals surface area contributed by atoms with Gasteiger partial charge in [-0.25, -0.2) is 0 Å². The fourth-order valence-electron chi connectivity index (χ4n) is 0. The Bertz CT molecular complexity index is 16.0. The fourth-order valence-corrected chi connectivity index (χ4v) is 0. The molecule has 0 unspecified atom stereocenters. The third kappa shape index (κ3) is 105. The van der Waals surface area contributed by atoms with Gasteiger partial charge in [-0.05, 0) is 0 Å². The Labute approximate surface area is 89.1 Å². The van der Waals surface area contributed by atoms with E-state index in [0.29, 0.717) is 0 Å². The second kappa shape index (κ2) is 155. The van der Waals surface area contributed by atoms with E-state index in [9.17, 15) is 0 Å². The van der Waals surface area contributed by atoms with Crippen LogP contribution in [0.15, 0.2) is 0 Å². The van der Waals surface area contributed by atoms with E-state index in [-0.39, 0.29) is 89.6 Å². The van der Waals surface area contributed by atoms with Crippen LogP contribution < -0.4 is 0 Å². The molecular formula is CuFeMnNiO4. The molecule has 0 atom stereocenters. The van der Waals surface area contributed by atoms with Gasteiger partial charge in [0.05, 0.1) is 0 Å². The summed E-state index contributed by atoms with van der Waals surface area (Å²) >= 11 is 0. The molecule has 0 N–H and O–H groups in total. The van der Waals surface area contributed by atoms with Crippen molar-refractivity contribution in [3.8, 4) is 0 Å². The normalized spacial score (nSPS) is 0. The Morgan fingerprint density at radius 2 is 0.625 bits per heavy atom. The van der Waals surface area contributed by atoms with Crippen molar-refractivity contribution < 1.29 is 89.6 Å². The summed E-state index contributed by atoms with van der Waals surface area (Å²) in [5.41, 5.74) is 0. The molecule has 0 aromatic heterocycles. The first-order valence-corrected chi connectivity index (χ1v) is 0. The van der Waals surface area contributed by atoms with Gasteiger partial charge in [-0.3, -0.25) is 0 Å². The van der Waals surface area contributed by atoms with Crippen molar-refractivity contribution in [1.29, 1.82) is 0 Å². The van der Waals surface area contributed by atoms with Gasteiger partial charge in [-0.1, -0.05) is 0 Å². The summed E-state index contributed by atoms with van der Waals surface area (Å²) < 4.78 is 0. The van der Waals surface area contributed by atoms with E-state index >= 15 is 0 Å². The largest absolute Gasteiger partial charge is 2.00 e. The van der Waals surface area contributed by atoms with Gasteiger partial charge in [0.1, 0.15) is 0 Å². The Kier molecular flexibility index (Phi) is 4230. The number of hydrogen-bond donors (Lipinski definition) is 0. The molecule has 0 aromatic carbocycles. The zero-order chi connectivity index (χ0) is 0. The van der Waals surface area contributed by atoms with Gasteiger partial charge in [0.2, 0.25) is 0 Å². The van der Waals surface area contributed by atoms with Crippen molar-refractivity contribution in [2.45, 2.75) is 0 Å². The van der Waals surface area contributed by atoms with Crippen LogP contribution in [0, 0.1) is 0 Å². The Balaban J connectivity index is 0. The second-order valence-corrected chi connectivity index (χ2v) is 0. The molecule has 0 amide bonds. The molecule has 0 saturated heterocycles. The van der Waals surface area contributed by atoms with Crippen molar-refractivity contribution in [1.82, 2.24) is 0 Å². The average molecular weight is 297 g/mol. The van der Waals surface area contributed by atoms with Gasteiger partial charge in [0.25, 0.3) is 0 Å². The Morgan fingerprint density at radius 3 is 0.625 bits per heavy atom. The van der Waals surface area contributed by atoms with Crippen molar-refractivity contribution in [3.63, 3.8) is 0 Å². The molecule has 8 heavy (non-hydrogen) atoms. The minimum absolute atomic E-state index is 0. The molecule has 0 fully saturated rings. The quantitative estimate of drug-likeness (QED) is 0.537. The maximum atomic E-state index is 0. The van der Waals surface area contributed by atoms with Crippen LogP contribution in [-0.2, 0) is 89.6 Å². The maximum absolute atomic E-state index is 0. The van der Waals surface area contributed by atoms with Gasteiger partial charge >= 0.3 is 67.7 Å². The molecule has 2 radical (unpaired) electrons. The SMILES string of the molecule is [Cu+2].[Fe+2].[Mn+2].[Ni+2].[O-2].[O-2].[O-2].[O-2]. The van der Waals surface area contributed by atoms with E-state index < -0.39 is 0 Å². The average Bonchev–Trinajstić information content (AvgIpc) is 0. The first-order valence-electron chi connectivity index (χ1n) is 0. The Morgan fingerprint density at radius 1 is 0.625 bits per heavy atom. The number of hydrogen-bond acceptors (Lipinski definition) is 0. The van der Waals surface area contributed by atoms with Crippen LogP contribution in [0.5, 0.6) is 0 Å². The van der Waals surface area contributed by atoms with Gasteiger partial charge in [-0.2, -0.15) is 0 Å². The van der Waals surface area contributed by atoms with Crippen LogP contribution >= 0.6 is 0 Å². The second-order valence-electron chi connectivity index (χ2n) is 0. The van der Waals surface area contributed by atoms with Crippen molar-refractivity contribution >= 4 is 0 Å². The minimum atomic E-state index is 0. The van der Waals surface area contributed by atoms with Crippen molar-refractivity contribution in [2.24, 2.45) is 0 Å². The van der Waals surface area contributed by atoms with Gasteiger partial charge in [0.15, 0.2) is 0 Å². The van der Waals surface area contributed by atoms with E-state index in [0.717, 1.165) is 0 Å². The van der Waals surface area contributed by atoms with Crippen LogP contribution in [0.4, 0.5) is 0 Å². The molecule has 0 heterocycles. The van der Waals surface area contributed by atoms with Crippen LogP contribution in [0.3, 0.4) is 0 Å². The first-order chi connectivity index (χ1) is 0. The Hall–Kier alpha value is 1.89. The molecule has 0 spiro atoms. The predicted molar refractivity (Wildman–Crippen MR) is 2.75 cm³/mol. The molecule has 0 bridgehead atoms. The van der Waals surface area contributed by atoms with E-state index in [1.54, 1.807) is 0 Å².